The van der Waals surface area contributed by atoms with Crippen molar-refractivity contribution in [2.24, 2.45) is 5.73 Å². The molecule has 0 saturated carbocycles. The van der Waals surface area contributed by atoms with Gasteiger partial charge in [-0.2, -0.15) is 0 Å². The minimum Gasteiger partial charge on any atom is -0.355 e. The first kappa shape index (κ1) is 21.2. The average molecular weight is 425 g/mol. The fraction of sp³-hybridized carbons (Fsp3) is 0.115. The van der Waals surface area contributed by atoms with Gasteiger partial charge in [-0.15, -0.1) is 0 Å². The molecule has 0 saturated heterocycles. The number of nitrogens with one attached hydrogen (secondary N) is 2. The van der Waals surface area contributed by atoms with Crippen molar-refractivity contribution in [1.82, 2.24) is 15.6 Å². The number of hydrogen-bond donors (Lipinski definition) is 3. The first-order valence-corrected chi connectivity index (χ1v) is 10.4. The second-order valence-corrected chi connectivity index (χ2v) is 7.44. The van der Waals surface area contributed by atoms with Crippen molar-refractivity contribution >= 4 is 22.6 Å². The van der Waals surface area contributed by atoms with E-state index in [0.29, 0.717) is 24.2 Å². The van der Waals surface area contributed by atoms with Crippen LogP contribution in [0.4, 0.5) is 0 Å². The number of nitrogens with zero attached hydrogens (tertiary/aromatic N) is 1. The highest BCUT2D eigenvalue weighted by Crippen LogP contribution is 2.29. The van der Waals surface area contributed by atoms with Crippen molar-refractivity contribution < 1.29 is 9.59 Å². The summed E-state index contributed by atoms with van der Waals surface area (Å²) in [5.41, 5.74) is 10.7. The van der Waals surface area contributed by atoms with Gasteiger partial charge in [0.1, 0.15) is 0 Å². The number of amides is 2. The van der Waals surface area contributed by atoms with Gasteiger partial charge in [-0.3, -0.25) is 14.6 Å². The summed E-state index contributed by atoms with van der Waals surface area (Å²) < 4.78 is 0. The number of nitrogens with two attached hydrogens (primary N) is 1. The molecule has 0 radical (unpaired) electrons. The van der Waals surface area contributed by atoms with Gasteiger partial charge in [0, 0.05) is 30.9 Å². The zero-order valence-corrected chi connectivity index (χ0v) is 17.8. The van der Waals surface area contributed by atoms with Gasteiger partial charge in [0.15, 0.2) is 0 Å². The summed E-state index contributed by atoms with van der Waals surface area (Å²) in [5.74, 6) is -0.276. The molecule has 0 fully saturated rings. The molecular formula is C26H24N4O2. The van der Waals surface area contributed by atoms with Crippen LogP contribution >= 0.6 is 0 Å². The van der Waals surface area contributed by atoms with Crippen molar-refractivity contribution in [3.05, 3.63) is 101 Å². The quantitative estimate of drug-likeness (QED) is 0.440. The fourth-order valence-corrected chi connectivity index (χ4v) is 3.65. The Labute approximate surface area is 186 Å². The molecule has 1 heterocycles. The van der Waals surface area contributed by atoms with Gasteiger partial charge in [-0.1, -0.05) is 36.4 Å². The van der Waals surface area contributed by atoms with Crippen LogP contribution in [0.25, 0.3) is 21.9 Å². The standard InChI is InChI=1S/C26H24N4O2/c1-28-25(31)19-7-5-18(6-8-19)23-4-2-3-20-14-21(9-10-24(20)23)26(32)30-16-22-13-17(15-27)11-12-29-22/h2-14H,15-16,27H2,1H3,(H,28,31)(H,30,32). The molecule has 0 aliphatic rings. The third kappa shape index (κ3) is 4.50. The summed E-state index contributed by atoms with van der Waals surface area (Å²) in [6.07, 6.45) is 1.70. The van der Waals surface area contributed by atoms with Gasteiger partial charge >= 0.3 is 0 Å². The molecule has 4 aromatic rings. The summed E-state index contributed by atoms with van der Waals surface area (Å²) in [4.78, 5) is 28.8. The molecule has 4 N–H and O–H groups in total. The Morgan fingerprint density at radius 1 is 0.906 bits per heavy atom. The van der Waals surface area contributed by atoms with Gasteiger partial charge in [0.25, 0.3) is 11.8 Å². The van der Waals surface area contributed by atoms with E-state index in [0.717, 1.165) is 33.2 Å². The molecule has 6 nitrogen and oxygen atoms in total. The van der Waals surface area contributed by atoms with E-state index in [9.17, 15) is 9.59 Å². The second-order valence-electron chi connectivity index (χ2n) is 7.44. The Balaban J connectivity index is 1.55. The molecule has 0 aliphatic heterocycles. The maximum Gasteiger partial charge on any atom is 0.251 e. The zero-order valence-electron chi connectivity index (χ0n) is 17.8. The third-order valence-corrected chi connectivity index (χ3v) is 5.37. The van der Waals surface area contributed by atoms with Crippen molar-refractivity contribution in [1.29, 1.82) is 0 Å². The minimum absolute atomic E-state index is 0.116. The number of aromatic nitrogens is 1. The molecule has 2 amide bonds. The summed E-state index contributed by atoms with van der Waals surface area (Å²) in [6, 6.07) is 22.9. The van der Waals surface area contributed by atoms with Gasteiger partial charge < -0.3 is 16.4 Å². The largest absolute Gasteiger partial charge is 0.355 e. The van der Waals surface area contributed by atoms with E-state index in [-0.39, 0.29) is 11.8 Å². The molecule has 32 heavy (non-hydrogen) atoms. The number of fused-ring (bicyclic) bond motifs is 1. The van der Waals surface area contributed by atoms with E-state index in [2.05, 4.69) is 15.6 Å². The van der Waals surface area contributed by atoms with Crippen molar-refractivity contribution in [3.8, 4) is 11.1 Å². The molecule has 160 valence electrons. The van der Waals surface area contributed by atoms with Gasteiger partial charge in [0.2, 0.25) is 0 Å². The highest BCUT2D eigenvalue weighted by atomic mass is 16.2. The highest BCUT2D eigenvalue weighted by molar-refractivity contribution is 6.03. The maximum atomic E-state index is 12.7. The lowest BCUT2D eigenvalue weighted by atomic mass is 9.96. The van der Waals surface area contributed by atoms with E-state index in [1.165, 1.54) is 0 Å². The zero-order chi connectivity index (χ0) is 22.5. The molecule has 0 aliphatic carbocycles. The first-order valence-electron chi connectivity index (χ1n) is 10.4. The Morgan fingerprint density at radius 2 is 1.69 bits per heavy atom. The third-order valence-electron chi connectivity index (χ3n) is 5.37. The number of pyridine rings is 1. The number of carbonyl (C=O) groups excluding carboxylic acids is 2. The second kappa shape index (κ2) is 9.41. The van der Waals surface area contributed by atoms with Gasteiger partial charge in [0.05, 0.1) is 12.2 Å². The average Bonchev–Trinajstić information content (AvgIpc) is 2.86. The number of hydrogen-bond acceptors (Lipinski definition) is 4. The lowest BCUT2D eigenvalue weighted by Crippen LogP contribution is -2.23. The Morgan fingerprint density at radius 3 is 2.44 bits per heavy atom. The van der Waals surface area contributed by atoms with Crippen LogP contribution in [0.3, 0.4) is 0 Å². The molecule has 0 spiro atoms. The van der Waals surface area contributed by atoms with Crippen LogP contribution in [0.2, 0.25) is 0 Å². The molecule has 0 bridgehead atoms. The number of rotatable bonds is 6. The van der Waals surface area contributed by atoms with Gasteiger partial charge in [-0.25, -0.2) is 0 Å². The summed E-state index contributed by atoms with van der Waals surface area (Å²) in [6.45, 7) is 0.771. The van der Waals surface area contributed by atoms with Crippen LogP contribution < -0.4 is 16.4 Å². The summed E-state index contributed by atoms with van der Waals surface area (Å²) >= 11 is 0. The SMILES string of the molecule is CNC(=O)c1ccc(-c2cccc3cc(C(=O)NCc4cc(CN)ccn4)ccc23)cc1. The molecular weight excluding hydrogens is 400 g/mol. The van der Waals surface area contributed by atoms with E-state index in [1.807, 2.05) is 72.8 Å². The molecule has 1 aromatic heterocycles. The van der Waals surface area contributed by atoms with E-state index >= 15 is 0 Å². The van der Waals surface area contributed by atoms with E-state index < -0.39 is 0 Å². The highest BCUT2D eigenvalue weighted by Gasteiger charge is 2.10. The lowest BCUT2D eigenvalue weighted by Gasteiger charge is -2.10. The van der Waals surface area contributed by atoms with Crippen LogP contribution in [0, 0.1) is 0 Å². The Bertz CT molecular complexity index is 1280. The number of carbonyl (C=O) groups is 2. The van der Waals surface area contributed by atoms with Crippen LogP contribution in [0.15, 0.2) is 79.0 Å². The fourth-order valence-electron chi connectivity index (χ4n) is 3.65. The van der Waals surface area contributed by atoms with E-state index in [4.69, 9.17) is 5.73 Å². The predicted molar refractivity (Wildman–Crippen MR) is 126 cm³/mol. The van der Waals surface area contributed by atoms with Crippen LogP contribution in [-0.4, -0.2) is 23.8 Å². The number of benzene rings is 3. The van der Waals surface area contributed by atoms with Crippen molar-refractivity contribution in [2.75, 3.05) is 7.05 Å². The smallest absolute Gasteiger partial charge is 0.251 e. The van der Waals surface area contributed by atoms with Crippen LogP contribution in [0.5, 0.6) is 0 Å². The van der Waals surface area contributed by atoms with Crippen molar-refractivity contribution in [3.63, 3.8) is 0 Å². The molecule has 3 aromatic carbocycles. The summed E-state index contributed by atoms with van der Waals surface area (Å²) in [7, 11) is 1.61. The molecule has 6 heteroatoms. The maximum absolute atomic E-state index is 12.7. The van der Waals surface area contributed by atoms with Crippen LogP contribution in [-0.2, 0) is 13.1 Å². The Hall–Kier alpha value is -4.03. The topological polar surface area (TPSA) is 97.1 Å². The molecule has 0 atom stereocenters. The minimum atomic E-state index is -0.160. The Kier molecular flexibility index (Phi) is 6.24. The van der Waals surface area contributed by atoms with Crippen molar-refractivity contribution in [2.45, 2.75) is 13.1 Å². The molecule has 4 rings (SSSR count). The molecule has 0 unspecified atom stereocenters. The summed E-state index contributed by atoms with van der Waals surface area (Å²) in [5, 5.41) is 7.55. The normalized spacial score (nSPS) is 10.7. The monoisotopic (exact) mass is 424 g/mol. The predicted octanol–water partition coefficient (Wildman–Crippen LogP) is 3.65. The van der Waals surface area contributed by atoms with Gasteiger partial charge in [-0.05, 0) is 63.9 Å². The van der Waals surface area contributed by atoms with Crippen LogP contribution in [0.1, 0.15) is 32.0 Å². The lowest BCUT2D eigenvalue weighted by molar-refractivity contribution is 0.0946. The first-order chi connectivity index (χ1) is 15.6. The van der Waals surface area contributed by atoms with E-state index in [1.54, 1.807) is 13.2 Å².